The van der Waals surface area contributed by atoms with Crippen LogP contribution in [0.4, 0.5) is 10.9 Å². The Bertz CT molecular complexity index is 619. The van der Waals surface area contributed by atoms with Gasteiger partial charge in [-0.3, -0.25) is 9.69 Å². The van der Waals surface area contributed by atoms with Crippen LogP contribution in [0.3, 0.4) is 0 Å². The summed E-state index contributed by atoms with van der Waals surface area (Å²) in [5.74, 6) is 1.09. The summed E-state index contributed by atoms with van der Waals surface area (Å²) in [6.45, 7) is 7.16. The Morgan fingerprint density at radius 1 is 1.41 bits per heavy atom. The van der Waals surface area contributed by atoms with E-state index in [2.05, 4.69) is 25.3 Å². The van der Waals surface area contributed by atoms with E-state index in [-0.39, 0.29) is 11.9 Å². The van der Waals surface area contributed by atoms with Crippen molar-refractivity contribution in [3.63, 3.8) is 0 Å². The van der Waals surface area contributed by atoms with Crippen molar-refractivity contribution in [2.75, 3.05) is 36.4 Å². The molecule has 0 spiro atoms. The molecule has 0 bridgehead atoms. The van der Waals surface area contributed by atoms with E-state index in [0.29, 0.717) is 11.6 Å². The van der Waals surface area contributed by atoms with Gasteiger partial charge in [0, 0.05) is 43.8 Å². The SMILES string of the molecule is Cc1cc(NC(=O)[C@H](C)N2CCN(c3nccs3)CC2)no1. The van der Waals surface area contributed by atoms with Crippen molar-refractivity contribution in [3.05, 3.63) is 23.4 Å². The summed E-state index contributed by atoms with van der Waals surface area (Å²) < 4.78 is 4.96. The first kappa shape index (κ1) is 15.0. The number of piperazine rings is 1. The van der Waals surface area contributed by atoms with Gasteiger partial charge in [-0.1, -0.05) is 5.16 Å². The first-order valence-corrected chi connectivity index (χ1v) is 8.14. The normalized spacial score (nSPS) is 17.5. The number of carbonyl (C=O) groups is 1. The zero-order valence-corrected chi connectivity index (χ0v) is 13.5. The Morgan fingerprint density at radius 3 is 2.77 bits per heavy atom. The molecule has 1 N–H and O–H groups in total. The molecular weight excluding hydrogens is 302 g/mol. The molecule has 0 radical (unpaired) electrons. The largest absolute Gasteiger partial charge is 0.360 e. The molecule has 22 heavy (non-hydrogen) atoms. The summed E-state index contributed by atoms with van der Waals surface area (Å²) in [5, 5.41) is 9.61. The molecule has 1 amide bonds. The lowest BCUT2D eigenvalue weighted by Crippen LogP contribution is -2.52. The van der Waals surface area contributed by atoms with Gasteiger partial charge in [0.15, 0.2) is 10.9 Å². The monoisotopic (exact) mass is 321 g/mol. The van der Waals surface area contributed by atoms with E-state index in [1.165, 1.54) is 0 Å². The van der Waals surface area contributed by atoms with Crippen molar-refractivity contribution in [1.82, 2.24) is 15.0 Å². The fraction of sp³-hybridized carbons (Fsp3) is 0.500. The number of nitrogens with zero attached hydrogens (tertiary/aromatic N) is 4. The van der Waals surface area contributed by atoms with Crippen LogP contribution in [0.2, 0.25) is 0 Å². The molecule has 2 aromatic heterocycles. The highest BCUT2D eigenvalue weighted by Gasteiger charge is 2.26. The van der Waals surface area contributed by atoms with E-state index in [0.717, 1.165) is 31.3 Å². The Labute approximate surface area is 132 Å². The van der Waals surface area contributed by atoms with Gasteiger partial charge in [-0.15, -0.1) is 11.3 Å². The van der Waals surface area contributed by atoms with Crippen LogP contribution < -0.4 is 10.2 Å². The van der Waals surface area contributed by atoms with Crippen molar-refractivity contribution >= 4 is 28.2 Å². The first-order chi connectivity index (χ1) is 10.6. The Morgan fingerprint density at radius 2 is 2.18 bits per heavy atom. The molecule has 0 saturated carbocycles. The summed E-state index contributed by atoms with van der Waals surface area (Å²) in [7, 11) is 0. The highest BCUT2D eigenvalue weighted by molar-refractivity contribution is 7.13. The Balaban J connectivity index is 1.53. The second-order valence-electron chi connectivity index (χ2n) is 5.33. The van der Waals surface area contributed by atoms with Gasteiger partial charge in [0.05, 0.1) is 6.04 Å². The maximum Gasteiger partial charge on any atom is 0.242 e. The van der Waals surface area contributed by atoms with E-state index in [4.69, 9.17) is 4.52 Å². The topological polar surface area (TPSA) is 74.5 Å². The molecule has 1 atom stereocenters. The van der Waals surface area contributed by atoms with Crippen molar-refractivity contribution in [2.45, 2.75) is 19.9 Å². The van der Waals surface area contributed by atoms with E-state index >= 15 is 0 Å². The number of hydrogen-bond donors (Lipinski definition) is 1. The van der Waals surface area contributed by atoms with Crippen LogP contribution in [0.15, 0.2) is 22.2 Å². The van der Waals surface area contributed by atoms with Crippen molar-refractivity contribution in [1.29, 1.82) is 0 Å². The van der Waals surface area contributed by atoms with Gasteiger partial charge in [0.2, 0.25) is 5.91 Å². The minimum Gasteiger partial charge on any atom is -0.360 e. The Kier molecular flexibility index (Phi) is 4.39. The number of amides is 1. The third-order valence-corrected chi connectivity index (χ3v) is 4.64. The summed E-state index contributed by atoms with van der Waals surface area (Å²) in [5.41, 5.74) is 0. The van der Waals surface area contributed by atoms with Crippen LogP contribution >= 0.6 is 11.3 Å². The van der Waals surface area contributed by atoms with Gasteiger partial charge in [0.25, 0.3) is 0 Å². The number of thiazole rings is 1. The molecule has 2 aromatic rings. The molecule has 1 saturated heterocycles. The van der Waals surface area contributed by atoms with Crippen LogP contribution in [0.1, 0.15) is 12.7 Å². The van der Waals surface area contributed by atoms with Crippen LogP contribution in [0, 0.1) is 6.92 Å². The molecule has 0 unspecified atom stereocenters. The number of rotatable bonds is 4. The van der Waals surface area contributed by atoms with Gasteiger partial charge in [-0.25, -0.2) is 4.98 Å². The van der Waals surface area contributed by atoms with Crippen molar-refractivity contribution in [2.24, 2.45) is 0 Å². The third-order valence-electron chi connectivity index (χ3n) is 3.81. The van der Waals surface area contributed by atoms with Gasteiger partial charge in [-0.05, 0) is 13.8 Å². The lowest BCUT2D eigenvalue weighted by Gasteiger charge is -2.37. The second kappa shape index (κ2) is 6.45. The minimum atomic E-state index is -0.199. The number of aryl methyl sites for hydroxylation is 1. The fourth-order valence-corrected chi connectivity index (χ4v) is 3.19. The molecule has 3 rings (SSSR count). The molecule has 8 heteroatoms. The smallest absolute Gasteiger partial charge is 0.242 e. The van der Waals surface area contributed by atoms with Crippen molar-refractivity contribution < 1.29 is 9.32 Å². The van der Waals surface area contributed by atoms with Gasteiger partial charge in [-0.2, -0.15) is 0 Å². The zero-order chi connectivity index (χ0) is 15.5. The molecule has 3 heterocycles. The summed E-state index contributed by atoms with van der Waals surface area (Å²) in [6.07, 6.45) is 1.82. The Hall–Kier alpha value is -1.93. The van der Waals surface area contributed by atoms with Gasteiger partial charge < -0.3 is 14.7 Å². The van der Waals surface area contributed by atoms with E-state index in [1.807, 2.05) is 18.5 Å². The average molecular weight is 321 g/mol. The quantitative estimate of drug-likeness (QED) is 0.922. The number of hydrogen-bond acceptors (Lipinski definition) is 7. The number of carbonyl (C=O) groups excluding carboxylic acids is 1. The van der Waals surface area contributed by atoms with Crippen LogP contribution in [0.5, 0.6) is 0 Å². The molecule has 1 fully saturated rings. The maximum absolute atomic E-state index is 12.3. The first-order valence-electron chi connectivity index (χ1n) is 7.26. The van der Waals surface area contributed by atoms with Crippen LogP contribution in [0.25, 0.3) is 0 Å². The molecule has 1 aliphatic rings. The lowest BCUT2D eigenvalue weighted by atomic mass is 10.2. The van der Waals surface area contributed by atoms with Crippen LogP contribution in [-0.4, -0.2) is 53.2 Å². The minimum absolute atomic E-state index is 0.0593. The molecule has 1 aliphatic heterocycles. The molecule has 0 aromatic carbocycles. The van der Waals surface area contributed by atoms with E-state index < -0.39 is 0 Å². The predicted molar refractivity (Wildman–Crippen MR) is 85.2 cm³/mol. The van der Waals surface area contributed by atoms with E-state index in [1.54, 1.807) is 24.3 Å². The maximum atomic E-state index is 12.3. The highest BCUT2D eigenvalue weighted by Crippen LogP contribution is 2.19. The second-order valence-corrected chi connectivity index (χ2v) is 6.20. The van der Waals surface area contributed by atoms with Gasteiger partial charge in [0.1, 0.15) is 5.76 Å². The molecule has 7 nitrogen and oxygen atoms in total. The highest BCUT2D eigenvalue weighted by atomic mass is 32.1. The number of aromatic nitrogens is 2. The molecule has 0 aliphatic carbocycles. The number of anilines is 2. The van der Waals surface area contributed by atoms with Crippen LogP contribution in [-0.2, 0) is 4.79 Å². The average Bonchev–Trinajstić information content (AvgIpc) is 3.18. The third kappa shape index (κ3) is 3.28. The molecular formula is C14H19N5O2S. The predicted octanol–water partition coefficient (Wildman–Crippen LogP) is 1.59. The number of nitrogens with one attached hydrogen (secondary N) is 1. The summed E-state index contributed by atoms with van der Waals surface area (Å²) >= 11 is 1.65. The molecule has 118 valence electrons. The summed E-state index contributed by atoms with van der Waals surface area (Å²) in [6, 6.07) is 1.51. The lowest BCUT2D eigenvalue weighted by molar-refractivity contribution is -0.120. The van der Waals surface area contributed by atoms with Crippen molar-refractivity contribution in [3.8, 4) is 0 Å². The summed E-state index contributed by atoms with van der Waals surface area (Å²) in [4.78, 5) is 21.0. The van der Waals surface area contributed by atoms with E-state index in [9.17, 15) is 4.79 Å². The standard InChI is InChI=1S/C14H19N5O2S/c1-10-9-12(17-21-10)16-13(20)11(2)18-4-6-19(7-5-18)14-15-3-8-22-14/h3,8-9,11H,4-7H2,1-2H3,(H,16,17,20)/t11-/m0/s1. The fourth-order valence-electron chi connectivity index (χ4n) is 2.49. The zero-order valence-electron chi connectivity index (χ0n) is 12.7. The van der Waals surface area contributed by atoms with Gasteiger partial charge >= 0.3 is 0 Å².